The van der Waals surface area contributed by atoms with Gasteiger partial charge < -0.3 is 10.2 Å². The monoisotopic (exact) mass is 196 g/mol. The normalized spacial score (nSPS) is 26.4. The highest BCUT2D eigenvalue weighted by atomic mass is 15.1. The number of hydrogen-bond acceptors (Lipinski definition) is 2. The van der Waals surface area contributed by atoms with Crippen molar-refractivity contribution in [3.63, 3.8) is 0 Å². The van der Waals surface area contributed by atoms with Crippen LogP contribution in [0, 0.1) is 5.41 Å². The summed E-state index contributed by atoms with van der Waals surface area (Å²) in [6.45, 7) is 8.77. The van der Waals surface area contributed by atoms with Crippen molar-refractivity contribution in [3.8, 4) is 0 Å². The zero-order valence-corrected chi connectivity index (χ0v) is 9.52. The molecular formula is C12H24N2. The predicted molar refractivity (Wildman–Crippen MR) is 60.5 cm³/mol. The van der Waals surface area contributed by atoms with Gasteiger partial charge in [0.15, 0.2) is 0 Å². The topological polar surface area (TPSA) is 15.3 Å². The lowest BCUT2D eigenvalue weighted by molar-refractivity contribution is 0.155. The number of rotatable bonds is 5. The predicted octanol–water partition coefficient (Wildman–Crippen LogP) is 1.86. The second-order valence-electron chi connectivity index (χ2n) is 5.39. The molecule has 0 bridgehead atoms. The van der Waals surface area contributed by atoms with Crippen molar-refractivity contribution < 1.29 is 0 Å². The summed E-state index contributed by atoms with van der Waals surface area (Å²) >= 11 is 0. The Balaban J connectivity index is 1.50. The molecule has 82 valence electrons. The molecule has 0 aromatic rings. The van der Waals surface area contributed by atoms with Crippen LogP contribution in [0.4, 0.5) is 0 Å². The van der Waals surface area contributed by atoms with Gasteiger partial charge in [0.25, 0.3) is 0 Å². The van der Waals surface area contributed by atoms with E-state index in [1.165, 1.54) is 64.8 Å². The van der Waals surface area contributed by atoms with Crippen LogP contribution in [0.15, 0.2) is 0 Å². The minimum absolute atomic E-state index is 0.644. The van der Waals surface area contributed by atoms with Gasteiger partial charge in [-0.1, -0.05) is 13.3 Å². The van der Waals surface area contributed by atoms with E-state index >= 15 is 0 Å². The van der Waals surface area contributed by atoms with Gasteiger partial charge in [0.05, 0.1) is 0 Å². The molecule has 2 fully saturated rings. The zero-order valence-electron chi connectivity index (χ0n) is 9.52. The zero-order chi connectivity index (χ0) is 9.86. The van der Waals surface area contributed by atoms with Gasteiger partial charge in [-0.15, -0.1) is 0 Å². The first-order valence-electron chi connectivity index (χ1n) is 6.22. The van der Waals surface area contributed by atoms with Crippen LogP contribution in [0.5, 0.6) is 0 Å². The van der Waals surface area contributed by atoms with Crippen LogP contribution in [-0.2, 0) is 0 Å². The smallest absolute Gasteiger partial charge is 0.0107 e. The highest BCUT2D eigenvalue weighted by Crippen LogP contribution is 2.39. The van der Waals surface area contributed by atoms with E-state index in [4.69, 9.17) is 0 Å². The van der Waals surface area contributed by atoms with Gasteiger partial charge in [-0.05, 0) is 44.2 Å². The molecule has 0 radical (unpaired) electrons. The molecule has 1 N–H and O–H groups in total. The van der Waals surface area contributed by atoms with E-state index < -0.39 is 0 Å². The van der Waals surface area contributed by atoms with Gasteiger partial charge in [-0.3, -0.25) is 0 Å². The van der Waals surface area contributed by atoms with Crippen LogP contribution in [-0.4, -0.2) is 37.6 Å². The third-order valence-electron chi connectivity index (χ3n) is 3.92. The summed E-state index contributed by atoms with van der Waals surface area (Å²) in [6.07, 6.45) is 7.15. The first-order valence-corrected chi connectivity index (χ1v) is 6.22. The Hall–Kier alpha value is -0.0800. The van der Waals surface area contributed by atoms with Crippen LogP contribution in [0.3, 0.4) is 0 Å². The van der Waals surface area contributed by atoms with Crippen LogP contribution in [0.1, 0.15) is 39.0 Å². The van der Waals surface area contributed by atoms with E-state index in [0.717, 1.165) is 0 Å². The van der Waals surface area contributed by atoms with E-state index in [2.05, 4.69) is 17.1 Å². The fourth-order valence-corrected chi connectivity index (χ4v) is 2.59. The SMILES string of the molecule is CC1(CNCCN2CCCC2)CCC1. The fourth-order valence-electron chi connectivity index (χ4n) is 2.59. The third kappa shape index (κ3) is 2.71. The maximum Gasteiger partial charge on any atom is 0.0107 e. The van der Waals surface area contributed by atoms with Crippen LogP contribution >= 0.6 is 0 Å². The molecule has 2 aliphatic rings. The van der Waals surface area contributed by atoms with E-state index in [1.54, 1.807) is 0 Å². The first kappa shape index (κ1) is 10.4. The summed E-state index contributed by atoms with van der Waals surface area (Å²) in [4.78, 5) is 2.58. The summed E-state index contributed by atoms with van der Waals surface area (Å²) in [5.74, 6) is 0. The molecule has 2 heteroatoms. The molecule has 1 aliphatic heterocycles. The minimum atomic E-state index is 0.644. The van der Waals surface area contributed by atoms with Gasteiger partial charge in [0.1, 0.15) is 0 Å². The molecular weight excluding hydrogens is 172 g/mol. The lowest BCUT2D eigenvalue weighted by Crippen LogP contribution is -2.40. The quantitative estimate of drug-likeness (QED) is 0.675. The first-order chi connectivity index (χ1) is 6.79. The van der Waals surface area contributed by atoms with Crippen LogP contribution in [0.25, 0.3) is 0 Å². The minimum Gasteiger partial charge on any atom is -0.315 e. The van der Waals surface area contributed by atoms with Gasteiger partial charge in [0, 0.05) is 19.6 Å². The van der Waals surface area contributed by atoms with Gasteiger partial charge in [-0.25, -0.2) is 0 Å². The largest absolute Gasteiger partial charge is 0.315 e. The Morgan fingerprint density at radius 1 is 1.14 bits per heavy atom. The molecule has 2 rings (SSSR count). The van der Waals surface area contributed by atoms with Crippen molar-refractivity contribution in [2.45, 2.75) is 39.0 Å². The average Bonchev–Trinajstić information content (AvgIpc) is 2.62. The number of nitrogens with one attached hydrogen (secondary N) is 1. The second kappa shape index (κ2) is 4.63. The molecule has 0 spiro atoms. The standard InChI is InChI=1S/C12H24N2/c1-12(5-4-6-12)11-13-7-10-14-8-2-3-9-14/h13H,2-11H2,1H3. The Morgan fingerprint density at radius 2 is 1.86 bits per heavy atom. The maximum absolute atomic E-state index is 3.61. The molecule has 0 amide bonds. The molecule has 1 heterocycles. The molecule has 0 aromatic heterocycles. The number of hydrogen-bond donors (Lipinski definition) is 1. The van der Waals surface area contributed by atoms with Crippen molar-refractivity contribution >= 4 is 0 Å². The molecule has 1 saturated carbocycles. The Morgan fingerprint density at radius 3 is 2.43 bits per heavy atom. The van der Waals surface area contributed by atoms with E-state index in [9.17, 15) is 0 Å². The molecule has 2 nitrogen and oxygen atoms in total. The van der Waals surface area contributed by atoms with Crippen molar-refractivity contribution in [2.75, 3.05) is 32.7 Å². The molecule has 1 saturated heterocycles. The lowest BCUT2D eigenvalue weighted by Gasteiger charge is -2.38. The van der Waals surface area contributed by atoms with Crippen molar-refractivity contribution in [1.29, 1.82) is 0 Å². The second-order valence-corrected chi connectivity index (χ2v) is 5.39. The third-order valence-corrected chi connectivity index (χ3v) is 3.92. The van der Waals surface area contributed by atoms with E-state index in [1.807, 2.05) is 0 Å². The molecule has 0 atom stereocenters. The van der Waals surface area contributed by atoms with Crippen molar-refractivity contribution in [1.82, 2.24) is 10.2 Å². The fraction of sp³-hybridized carbons (Fsp3) is 1.00. The molecule has 1 aliphatic carbocycles. The summed E-state index contributed by atoms with van der Waals surface area (Å²) in [5.41, 5.74) is 0.644. The van der Waals surface area contributed by atoms with E-state index in [0.29, 0.717) is 5.41 Å². The van der Waals surface area contributed by atoms with Gasteiger partial charge in [0.2, 0.25) is 0 Å². The number of likely N-dealkylation sites (tertiary alicyclic amines) is 1. The summed E-state index contributed by atoms with van der Waals surface area (Å²) < 4.78 is 0. The van der Waals surface area contributed by atoms with Crippen LogP contribution in [0.2, 0.25) is 0 Å². The highest BCUT2D eigenvalue weighted by Gasteiger charge is 2.30. The summed E-state index contributed by atoms with van der Waals surface area (Å²) in [7, 11) is 0. The maximum atomic E-state index is 3.61. The average molecular weight is 196 g/mol. The van der Waals surface area contributed by atoms with Gasteiger partial charge >= 0.3 is 0 Å². The lowest BCUT2D eigenvalue weighted by atomic mass is 9.70. The van der Waals surface area contributed by atoms with Crippen molar-refractivity contribution in [3.05, 3.63) is 0 Å². The van der Waals surface area contributed by atoms with Gasteiger partial charge in [-0.2, -0.15) is 0 Å². The number of nitrogens with zero attached hydrogens (tertiary/aromatic N) is 1. The summed E-state index contributed by atoms with van der Waals surface area (Å²) in [5, 5.41) is 3.61. The van der Waals surface area contributed by atoms with Crippen molar-refractivity contribution in [2.24, 2.45) is 5.41 Å². The summed E-state index contributed by atoms with van der Waals surface area (Å²) in [6, 6.07) is 0. The Bertz CT molecular complexity index is 169. The molecule has 14 heavy (non-hydrogen) atoms. The van der Waals surface area contributed by atoms with E-state index in [-0.39, 0.29) is 0 Å². The molecule has 0 unspecified atom stereocenters. The molecule has 0 aromatic carbocycles. The highest BCUT2D eigenvalue weighted by molar-refractivity contribution is 4.85. The Labute approximate surface area is 88.1 Å². The Kier molecular flexibility index (Phi) is 3.45. The van der Waals surface area contributed by atoms with Crippen LogP contribution < -0.4 is 5.32 Å².